The van der Waals surface area contributed by atoms with E-state index in [2.05, 4.69) is 3.10 Å². The normalized spacial score (nSPS) is 33.9. The summed E-state index contributed by atoms with van der Waals surface area (Å²) in [5.41, 5.74) is 0. The average molecular weight is 312 g/mol. The minimum Gasteiger partial charge on any atom is -0.369 e. The molecule has 7 heteroatoms. The molecule has 60 valence electrons. The molecule has 0 atom stereocenters. The van der Waals surface area contributed by atoms with Crippen molar-refractivity contribution in [1.82, 2.24) is 6.15 Å². The molecule has 3 nitrogen and oxygen atoms in total. The SMILES string of the molecule is Cl[TeH]1(Cl)(Cl)O[CH-]CO1.[NH4+]. The van der Waals surface area contributed by atoms with E-state index in [0.717, 1.165) is 0 Å². The van der Waals surface area contributed by atoms with Crippen LogP contribution in [0.15, 0.2) is 0 Å². The van der Waals surface area contributed by atoms with Gasteiger partial charge in [-0.1, -0.05) is 0 Å². The number of hydrogen-bond donors (Lipinski definition) is 1. The Hall–Kier alpha value is 1.54. The third kappa shape index (κ3) is 3.45. The van der Waals surface area contributed by atoms with Gasteiger partial charge in [-0.25, -0.2) is 0 Å². The van der Waals surface area contributed by atoms with E-state index in [-0.39, 0.29) is 12.8 Å². The van der Waals surface area contributed by atoms with Crippen molar-refractivity contribution in [2.24, 2.45) is 0 Å². The van der Waals surface area contributed by atoms with Crippen LogP contribution in [-0.2, 0) is 6.20 Å². The summed E-state index contributed by atoms with van der Waals surface area (Å²) in [7, 11) is 16.4. The molecular weight excluding hydrogens is 304 g/mol. The zero-order valence-corrected chi connectivity index (χ0v) is 9.50. The maximum absolute atomic E-state index is 5.48. The summed E-state index contributed by atoms with van der Waals surface area (Å²) in [6.07, 6.45) is 0. The molecule has 4 N–H and O–H groups in total. The Labute approximate surface area is 66.4 Å². The first-order valence-corrected chi connectivity index (χ1v) is 13.6. The van der Waals surface area contributed by atoms with Gasteiger partial charge >= 0.3 is 60.6 Å². The maximum atomic E-state index is 5.48. The topological polar surface area (TPSA) is 55.0 Å². The quantitative estimate of drug-likeness (QED) is 0.549. The van der Waals surface area contributed by atoms with E-state index in [9.17, 15) is 0 Å². The van der Waals surface area contributed by atoms with Crippen molar-refractivity contribution in [3.05, 3.63) is 6.61 Å². The summed E-state index contributed by atoms with van der Waals surface area (Å²) < 4.78 is 9.43. The van der Waals surface area contributed by atoms with E-state index in [1.807, 2.05) is 0 Å². The Balaban J connectivity index is 0.000000640. The minimum absolute atomic E-state index is 0. The van der Waals surface area contributed by atoms with Gasteiger partial charge in [0.05, 0.1) is 0 Å². The molecule has 0 amide bonds. The molecule has 0 aromatic heterocycles. The van der Waals surface area contributed by atoms with Crippen molar-refractivity contribution in [1.29, 1.82) is 0 Å². The largest absolute Gasteiger partial charge is 0.369 e. The summed E-state index contributed by atoms with van der Waals surface area (Å²) in [6.45, 7) is 1.66. The molecule has 1 aliphatic heterocycles. The Kier molecular flexibility index (Phi) is 3.37. The molecule has 1 saturated heterocycles. The molecule has 0 saturated carbocycles. The van der Waals surface area contributed by atoms with Crippen LogP contribution in [0.3, 0.4) is 0 Å². The van der Waals surface area contributed by atoms with Crippen LogP contribution in [0.5, 0.6) is 0 Å². The second kappa shape index (κ2) is 2.88. The van der Waals surface area contributed by atoms with Gasteiger partial charge in [-0.05, 0) is 0 Å². The summed E-state index contributed by atoms with van der Waals surface area (Å²) in [5, 5.41) is 0. The molecule has 1 fully saturated rings. The number of quaternary nitrogens is 1. The average Bonchev–Trinajstić information content (AvgIpc) is 1.81. The van der Waals surface area contributed by atoms with E-state index in [1.165, 1.54) is 6.61 Å². The van der Waals surface area contributed by atoms with E-state index in [4.69, 9.17) is 30.0 Å². The van der Waals surface area contributed by atoms with Gasteiger partial charge in [-0.3, -0.25) is 0 Å². The standard InChI is InChI=1S/C2H4Cl3O2Te.H3N/c3-8(4,5)6-1-2-7-8;/h1,8H,2H2;1H3/q-1;/p+1. The molecule has 0 aromatic rings. The van der Waals surface area contributed by atoms with Crippen molar-refractivity contribution < 1.29 is 6.20 Å². The van der Waals surface area contributed by atoms with E-state index < -0.39 is 14.3 Å². The molecule has 0 radical (unpaired) electrons. The molecular formula is C2H8Cl3NO2Te. The second-order valence-corrected chi connectivity index (χ2v) is 22.3. The second-order valence-electron chi connectivity index (χ2n) is 1.25. The predicted molar refractivity (Wildman–Crippen MR) is 42.0 cm³/mol. The molecule has 0 aliphatic carbocycles. The van der Waals surface area contributed by atoms with Crippen molar-refractivity contribution in [3.8, 4) is 0 Å². The first kappa shape index (κ1) is 10.5. The Morgan fingerprint density at radius 2 is 1.89 bits per heavy atom. The van der Waals surface area contributed by atoms with E-state index in [0.29, 0.717) is 0 Å². The third-order valence-corrected chi connectivity index (χ3v) is 7.06. The van der Waals surface area contributed by atoms with Crippen molar-refractivity contribution in [2.45, 2.75) is 0 Å². The molecule has 1 heterocycles. The molecule has 0 spiro atoms. The first-order chi connectivity index (χ1) is 3.47. The minimum atomic E-state index is -4.33. The zero-order valence-electron chi connectivity index (χ0n) is 4.68. The van der Waals surface area contributed by atoms with Gasteiger partial charge in [-0.15, -0.1) is 0 Å². The van der Waals surface area contributed by atoms with Crippen LogP contribution >= 0.6 is 26.9 Å². The first-order valence-electron chi connectivity index (χ1n) is 1.80. The molecule has 0 bridgehead atoms. The van der Waals surface area contributed by atoms with Gasteiger partial charge in [0.25, 0.3) is 0 Å². The number of hydrogen-bond acceptors (Lipinski definition) is 2. The molecule has 9 heavy (non-hydrogen) atoms. The molecule has 1 aliphatic rings. The van der Waals surface area contributed by atoms with Gasteiger partial charge in [-0.2, -0.15) is 0 Å². The Morgan fingerprint density at radius 1 is 1.33 bits per heavy atom. The monoisotopic (exact) mass is 313 g/mol. The van der Waals surface area contributed by atoms with Crippen LogP contribution in [0.4, 0.5) is 0 Å². The van der Waals surface area contributed by atoms with Crippen LogP contribution < -0.4 is 6.15 Å². The summed E-state index contributed by atoms with van der Waals surface area (Å²) in [6, 6.07) is 0. The van der Waals surface area contributed by atoms with Crippen LogP contribution in [0.1, 0.15) is 0 Å². The van der Waals surface area contributed by atoms with Crippen LogP contribution in [-0.4, -0.2) is 20.9 Å². The van der Waals surface area contributed by atoms with Crippen molar-refractivity contribution in [2.75, 3.05) is 6.61 Å². The van der Waals surface area contributed by atoms with Crippen molar-refractivity contribution >= 4 is 41.2 Å². The summed E-state index contributed by atoms with van der Waals surface area (Å²) >= 11 is -4.33. The Bertz CT molecular complexity index is 102. The third-order valence-electron chi connectivity index (χ3n) is 0.579. The number of halogens is 3. The van der Waals surface area contributed by atoms with Gasteiger partial charge in [0.15, 0.2) is 0 Å². The van der Waals surface area contributed by atoms with E-state index in [1.54, 1.807) is 0 Å². The fraction of sp³-hybridized carbons (Fsp3) is 0.500. The summed E-state index contributed by atoms with van der Waals surface area (Å²) in [4.78, 5) is 0. The fourth-order valence-electron chi connectivity index (χ4n) is 0.321. The zero-order chi connectivity index (χ0) is 6.28. The van der Waals surface area contributed by atoms with Crippen LogP contribution in [0.2, 0.25) is 0 Å². The molecule has 0 aromatic carbocycles. The number of rotatable bonds is 0. The van der Waals surface area contributed by atoms with Crippen molar-refractivity contribution in [3.63, 3.8) is 0 Å². The summed E-state index contributed by atoms with van der Waals surface area (Å²) in [5.74, 6) is 0. The van der Waals surface area contributed by atoms with Gasteiger partial charge in [0, 0.05) is 0 Å². The molecule has 0 unspecified atom stereocenters. The Morgan fingerprint density at radius 3 is 2.00 bits per heavy atom. The van der Waals surface area contributed by atoms with Gasteiger partial charge in [0.1, 0.15) is 0 Å². The smallest absolute Gasteiger partial charge is 0.369 e. The van der Waals surface area contributed by atoms with Crippen LogP contribution in [0.25, 0.3) is 0 Å². The fourth-order valence-corrected chi connectivity index (χ4v) is 4.42. The van der Waals surface area contributed by atoms with Crippen LogP contribution in [0, 0.1) is 6.61 Å². The van der Waals surface area contributed by atoms with E-state index >= 15 is 0 Å². The predicted octanol–water partition coefficient (Wildman–Crippen LogP) is 1.91. The van der Waals surface area contributed by atoms with Gasteiger partial charge < -0.3 is 6.15 Å². The molecule has 1 rings (SSSR count). The van der Waals surface area contributed by atoms with Gasteiger partial charge in [0.2, 0.25) is 0 Å². The maximum Gasteiger partial charge on any atom is -0.369 e.